The van der Waals surface area contributed by atoms with E-state index in [1.165, 1.54) is 17.2 Å². The van der Waals surface area contributed by atoms with E-state index in [4.69, 9.17) is 11.6 Å². The number of hydrogen-bond donors (Lipinski definition) is 0. The molecular formula is C13H11BrClFS. The van der Waals surface area contributed by atoms with Gasteiger partial charge < -0.3 is 0 Å². The van der Waals surface area contributed by atoms with Crippen molar-refractivity contribution in [3.63, 3.8) is 0 Å². The van der Waals surface area contributed by atoms with Crippen LogP contribution in [0.1, 0.15) is 21.5 Å². The van der Waals surface area contributed by atoms with Gasteiger partial charge in [-0.1, -0.05) is 33.6 Å². The lowest BCUT2D eigenvalue weighted by Gasteiger charge is -2.12. The van der Waals surface area contributed by atoms with Gasteiger partial charge in [-0.3, -0.25) is 0 Å². The Hall–Kier alpha value is -0.380. The largest absolute Gasteiger partial charge is 0.207 e. The van der Waals surface area contributed by atoms with Gasteiger partial charge in [0, 0.05) is 15.4 Å². The Bertz CT molecular complexity index is 504. The van der Waals surface area contributed by atoms with Crippen molar-refractivity contribution < 1.29 is 4.39 Å². The zero-order valence-corrected chi connectivity index (χ0v) is 12.4. The molecule has 1 aromatic carbocycles. The van der Waals surface area contributed by atoms with E-state index in [0.29, 0.717) is 17.0 Å². The molecule has 4 heteroatoms. The number of thiophene rings is 1. The lowest BCUT2D eigenvalue weighted by molar-refractivity contribution is 0.608. The SMILES string of the molecule is Cc1cscc1C(Br)Cc1c(F)cccc1Cl. The Morgan fingerprint density at radius 2 is 2.18 bits per heavy atom. The zero-order valence-electron chi connectivity index (χ0n) is 9.21. The highest BCUT2D eigenvalue weighted by molar-refractivity contribution is 9.09. The molecule has 1 aromatic heterocycles. The molecule has 0 bridgehead atoms. The molecule has 0 aliphatic rings. The maximum Gasteiger partial charge on any atom is 0.127 e. The number of benzene rings is 1. The van der Waals surface area contributed by atoms with Crippen LogP contribution in [0.5, 0.6) is 0 Å². The summed E-state index contributed by atoms with van der Waals surface area (Å²) in [5.41, 5.74) is 3.00. The standard InChI is InChI=1S/C13H11BrClFS/c1-8-6-17-7-10(8)11(14)5-9-12(15)3-2-4-13(9)16/h2-4,6-7,11H,5H2,1H3. The van der Waals surface area contributed by atoms with Gasteiger partial charge in [0.2, 0.25) is 0 Å². The first kappa shape index (κ1) is 13.1. The highest BCUT2D eigenvalue weighted by atomic mass is 79.9. The van der Waals surface area contributed by atoms with E-state index in [9.17, 15) is 4.39 Å². The van der Waals surface area contributed by atoms with Crippen LogP contribution in [-0.2, 0) is 6.42 Å². The summed E-state index contributed by atoms with van der Waals surface area (Å²) in [5, 5.41) is 4.66. The van der Waals surface area contributed by atoms with Gasteiger partial charge in [-0.15, -0.1) is 0 Å². The minimum Gasteiger partial charge on any atom is -0.207 e. The first-order valence-corrected chi connectivity index (χ1v) is 7.43. The molecule has 0 radical (unpaired) electrons. The lowest BCUT2D eigenvalue weighted by Crippen LogP contribution is -1.99. The maximum atomic E-state index is 13.7. The summed E-state index contributed by atoms with van der Waals surface area (Å²) in [6, 6.07) is 4.79. The molecule has 0 spiro atoms. The van der Waals surface area contributed by atoms with Crippen molar-refractivity contribution in [3.05, 3.63) is 56.5 Å². The monoisotopic (exact) mass is 332 g/mol. The van der Waals surface area contributed by atoms with Gasteiger partial charge >= 0.3 is 0 Å². The van der Waals surface area contributed by atoms with Crippen molar-refractivity contribution in [3.8, 4) is 0 Å². The Balaban J connectivity index is 2.25. The van der Waals surface area contributed by atoms with Crippen LogP contribution in [0.2, 0.25) is 5.02 Å². The number of halogens is 3. The van der Waals surface area contributed by atoms with Crippen LogP contribution in [0.3, 0.4) is 0 Å². The van der Waals surface area contributed by atoms with Crippen LogP contribution in [0.4, 0.5) is 4.39 Å². The maximum absolute atomic E-state index is 13.7. The van der Waals surface area contributed by atoms with Crippen LogP contribution in [0.25, 0.3) is 0 Å². The van der Waals surface area contributed by atoms with Crippen LogP contribution >= 0.6 is 38.9 Å². The van der Waals surface area contributed by atoms with E-state index in [-0.39, 0.29) is 10.6 Å². The van der Waals surface area contributed by atoms with E-state index >= 15 is 0 Å². The summed E-state index contributed by atoms with van der Waals surface area (Å²) in [5.74, 6) is -0.241. The third-order valence-electron chi connectivity index (χ3n) is 2.68. The summed E-state index contributed by atoms with van der Waals surface area (Å²) >= 11 is 11.3. The van der Waals surface area contributed by atoms with Crippen molar-refractivity contribution in [1.29, 1.82) is 0 Å². The molecule has 0 nitrogen and oxygen atoms in total. The topological polar surface area (TPSA) is 0 Å². The third-order valence-corrected chi connectivity index (χ3v) is 4.73. The highest BCUT2D eigenvalue weighted by Gasteiger charge is 2.16. The predicted octanol–water partition coefficient (Wildman–Crippen LogP) is 5.53. The normalized spacial score (nSPS) is 12.7. The fourth-order valence-electron chi connectivity index (χ4n) is 1.71. The van der Waals surface area contributed by atoms with Crippen molar-refractivity contribution in [2.24, 2.45) is 0 Å². The summed E-state index contributed by atoms with van der Waals surface area (Å²) < 4.78 is 13.7. The highest BCUT2D eigenvalue weighted by Crippen LogP contribution is 2.34. The molecule has 1 atom stereocenters. The van der Waals surface area contributed by atoms with Gasteiger partial charge in [0.15, 0.2) is 0 Å². The number of rotatable bonds is 3. The number of alkyl halides is 1. The third kappa shape index (κ3) is 2.90. The molecular weight excluding hydrogens is 323 g/mol. The molecule has 90 valence electrons. The van der Waals surface area contributed by atoms with Gasteiger partial charge in [0.1, 0.15) is 5.82 Å². The Kier molecular flexibility index (Phi) is 4.23. The van der Waals surface area contributed by atoms with Gasteiger partial charge in [-0.05, 0) is 47.4 Å². The van der Waals surface area contributed by atoms with E-state index < -0.39 is 0 Å². The molecule has 0 aliphatic heterocycles. The summed E-state index contributed by atoms with van der Waals surface area (Å²) in [7, 11) is 0. The number of hydrogen-bond acceptors (Lipinski definition) is 1. The zero-order chi connectivity index (χ0) is 12.4. The van der Waals surface area contributed by atoms with Crippen molar-refractivity contribution in [2.75, 3.05) is 0 Å². The molecule has 2 aromatic rings. The molecule has 17 heavy (non-hydrogen) atoms. The van der Waals surface area contributed by atoms with Crippen LogP contribution in [-0.4, -0.2) is 0 Å². The van der Waals surface area contributed by atoms with Gasteiger partial charge in [0.05, 0.1) is 0 Å². The molecule has 0 fully saturated rings. The first-order chi connectivity index (χ1) is 8.09. The van der Waals surface area contributed by atoms with E-state index in [2.05, 4.69) is 33.6 Å². The van der Waals surface area contributed by atoms with E-state index in [1.54, 1.807) is 23.5 Å². The van der Waals surface area contributed by atoms with Crippen LogP contribution in [0.15, 0.2) is 29.0 Å². The van der Waals surface area contributed by atoms with Crippen LogP contribution in [0, 0.1) is 12.7 Å². The second-order valence-corrected chi connectivity index (χ2v) is 6.14. The Morgan fingerprint density at radius 1 is 1.41 bits per heavy atom. The smallest absolute Gasteiger partial charge is 0.127 e. The molecule has 0 saturated heterocycles. The Labute approximate surface area is 118 Å². The quantitative estimate of drug-likeness (QED) is 0.648. The Morgan fingerprint density at radius 3 is 2.76 bits per heavy atom. The molecule has 0 aliphatic carbocycles. The fraction of sp³-hybridized carbons (Fsp3) is 0.231. The fourth-order valence-corrected chi connectivity index (χ4v) is 3.84. The number of aryl methyl sites for hydroxylation is 1. The van der Waals surface area contributed by atoms with E-state index in [1.807, 2.05) is 0 Å². The average Bonchev–Trinajstić information content (AvgIpc) is 2.70. The minimum atomic E-state index is -0.241. The summed E-state index contributed by atoms with van der Waals surface area (Å²) in [6.07, 6.45) is 0.559. The lowest BCUT2D eigenvalue weighted by atomic mass is 10.0. The van der Waals surface area contributed by atoms with E-state index in [0.717, 1.165) is 0 Å². The second-order valence-electron chi connectivity index (χ2n) is 3.88. The summed E-state index contributed by atoms with van der Waals surface area (Å²) in [6.45, 7) is 2.06. The first-order valence-electron chi connectivity index (χ1n) is 5.19. The van der Waals surface area contributed by atoms with Crippen molar-refractivity contribution >= 4 is 38.9 Å². The molecule has 2 rings (SSSR count). The molecule has 1 unspecified atom stereocenters. The predicted molar refractivity (Wildman–Crippen MR) is 75.8 cm³/mol. The van der Waals surface area contributed by atoms with Crippen molar-refractivity contribution in [2.45, 2.75) is 18.2 Å². The molecule has 0 amide bonds. The van der Waals surface area contributed by atoms with Gasteiger partial charge in [-0.2, -0.15) is 11.3 Å². The molecule has 0 saturated carbocycles. The molecule has 0 N–H and O–H groups in total. The van der Waals surface area contributed by atoms with Crippen molar-refractivity contribution in [1.82, 2.24) is 0 Å². The van der Waals surface area contributed by atoms with Crippen LogP contribution < -0.4 is 0 Å². The minimum absolute atomic E-state index is 0.100. The summed E-state index contributed by atoms with van der Waals surface area (Å²) in [4.78, 5) is 0.100. The van der Waals surface area contributed by atoms with Gasteiger partial charge in [-0.25, -0.2) is 4.39 Å². The average molecular weight is 334 g/mol. The van der Waals surface area contributed by atoms with Gasteiger partial charge in [0.25, 0.3) is 0 Å². The second kappa shape index (κ2) is 5.51. The molecule has 1 heterocycles.